The predicted octanol–water partition coefficient (Wildman–Crippen LogP) is 7.17. The summed E-state index contributed by atoms with van der Waals surface area (Å²) < 4.78 is 11.8. The van der Waals surface area contributed by atoms with Crippen molar-refractivity contribution < 1.29 is 24.3 Å². The number of nitrogens with zero attached hydrogens (tertiary/aromatic N) is 1. The lowest BCUT2D eigenvalue weighted by Crippen LogP contribution is -2.68. The lowest BCUT2D eigenvalue weighted by molar-refractivity contribution is -0.204. The highest BCUT2D eigenvalue weighted by atomic mass is 16.6. The molecule has 1 N–H and O–H groups in total. The number of ether oxygens (including phenoxy) is 2. The highest BCUT2D eigenvalue weighted by Gasteiger charge is 2.69. The molecule has 0 radical (unpaired) electrons. The van der Waals surface area contributed by atoms with Crippen LogP contribution in [0.3, 0.4) is 0 Å². The highest BCUT2D eigenvalue weighted by molar-refractivity contribution is 5.96. The number of esters is 2. The molecular formula is C31H51NO5. The fourth-order valence-electron chi connectivity index (χ4n) is 9.95. The van der Waals surface area contributed by atoms with E-state index in [-0.39, 0.29) is 23.5 Å². The van der Waals surface area contributed by atoms with Crippen LogP contribution in [0.25, 0.3) is 0 Å². The molecule has 0 heterocycles. The van der Waals surface area contributed by atoms with Crippen molar-refractivity contribution in [2.75, 3.05) is 0 Å². The molecule has 9 atom stereocenters. The molecule has 0 aliphatic heterocycles. The molecule has 0 spiro atoms. The molecule has 4 aliphatic carbocycles. The number of oxime groups is 1. The summed E-state index contributed by atoms with van der Waals surface area (Å²) >= 11 is 0. The van der Waals surface area contributed by atoms with Crippen molar-refractivity contribution in [1.82, 2.24) is 0 Å². The largest absolute Gasteiger partial charge is 0.462 e. The van der Waals surface area contributed by atoms with E-state index in [2.05, 4.69) is 39.8 Å². The Kier molecular flexibility index (Phi) is 8.08. The molecule has 210 valence electrons. The second kappa shape index (κ2) is 10.5. The zero-order chi connectivity index (χ0) is 27.2. The van der Waals surface area contributed by atoms with Crippen LogP contribution in [-0.2, 0) is 19.1 Å². The molecule has 4 fully saturated rings. The minimum atomic E-state index is -1.02. The first-order valence-electron chi connectivity index (χ1n) is 15.0. The average Bonchev–Trinajstić information content (AvgIpc) is 3.15. The molecule has 0 saturated heterocycles. The molecule has 0 bridgehead atoms. The molecular weight excluding hydrogens is 466 g/mol. The van der Waals surface area contributed by atoms with Crippen molar-refractivity contribution >= 4 is 17.7 Å². The van der Waals surface area contributed by atoms with Crippen molar-refractivity contribution in [2.45, 2.75) is 131 Å². The van der Waals surface area contributed by atoms with Gasteiger partial charge in [-0.05, 0) is 85.9 Å². The van der Waals surface area contributed by atoms with Crippen LogP contribution in [0.5, 0.6) is 0 Å². The molecule has 0 aromatic rings. The van der Waals surface area contributed by atoms with E-state index in [4.69, 9.17) is 9.47 Å². The summed E-state index contributed by atoms with van der Waals surface area (Å²) in [6, 6.07) is 0. The monoisotopic (exact) mass is 517 g/mol. The summed E-state index contributed by atoms with van der Waals surface area (Å²) in [4.78, 5) is 24.3. The molecule has 6 heteroatoms. The zero-order valence-electron chi connectivity index (χ0n) is 24.3. The van der Waals surface area contributed by atoms with Crippen LogP contribution in [0.4, 0.5) is 0 Å². The third-order valence-corrected chi connectivity index (χ3v) is 11.5. The van der Waals surface area contributed by atoms with E-state index in [0.29, 0.717) is 41.7 Å². The van der Waals surface area contributed by atoms with E-state index >= 15 is 0 Å². The van der Waals surface area contributed by atoms with Crippen molar-refractivity contribution in [3.05, 3.63) is 0 Å². The van der Waals surface area contributed by atoms with E-state index in [1.165, 1.54) is 52.4 Å². The summed E-state index contributed by atoms with van der Waals surface area (Å²) in [5.41, 5.74) is -0.474. The number of fused-ring (bicyclic) bond motifs is 5. The van der Waals surface area contributed by atoms with E-state index in [1.54, 1.807) is 0 Å². The van der Waals surface area contributed by atoms with Gasteiger partial charge in [-0.2, -0.15) is 0 Å². The summed E-state index contributed by atoms with van der Waals surface area (Å²) in [6.07, 6.45) is 11.0. The predicted molar refractivity (Wildman–Crippen MR) is 144 cm³/mol. The SMILES string of the molecule is CC(=O)O[C@@H]1CC[C@]2(C)[C@@H]3CC[C@@]4(C)[C@H](CC[C@@H]4[C@@H](C)CCCC(C)C)[C@@H]3C/C(=N/O)[C@@]2(OC(C)=O)C1. The maximum absolute atomic E-state index is 12.5. The Morgan fingerprint density at radius 2 is 1.73 bits per heavy atom. The van der Waals surface area contributed by atoms with E-state index in [1.807, 2.05) is 0 Å². The minimum absolute atomic E-state index is 0.311. The molecule has 37 heavy (non-hydrogen) atoms. The van der Waals surface area contributed by atoms with Gasteiger partial charge in [0.2, 0.25) is 0 Å². The van der Waals surface area contributed by atoms with Gasteiger partial charge in [0.1, 0.15) is 11.8 Å². The van der Waals surface area contributed by atoms with Crippen molar-refractivity contribution in [3.63, 3.8) is 0 Å². The molecule has 0 aromatic heterocycles. The van der Waals surface area contributed by atoms with Crippen LogP contribution in [0.15, 0.2) is 5.16 Å². The van der Waals surface area contributed by atoms with E-state index in [0.717, 1.165) is 37.0 Å². The lowest BCUT2D eigenvalue weighted by atomic mass is 9.42. The fraction of sp³-hybridized carbons (Fsp3) is 0.903. The van der Waals surface area contributed by atoms with Gasteiger partial charge in [0.25, 0.3) is 0 Å². The number of hydrogen-bond acceptors (Lipinski definition) is 6. The summed E-state index contributed by atoms with van der Waals surface area (Å²) in [6.45, 7) is 14.8. The molecule has 4 rings (SSSR count). The average molecular weight is 518 g/mol. The Morgan fingerprint density at radius 3 is 2.35 bits per heavy atom. The third kappa shape index (κ3) is 4.84. The topological polar surface area (TPSA) is 85.2 Å². The first kappa shape index (κ1) is 28.4. The normalized spacial score (nSPS) is 43.0. The second-order valence-corrected chi connectivity index (χ2v) is 14.0. The maximum atomic E-state index is 12.5. The van der Waals surface area contributed by atoms with E-state index in [9.17, 15) is 14.8 Å². The number of carbonyl (C=O) groups excluding carboxylic acids is 2. The van der Waals surface area contributed by atoms with Crippen LogP contribution in [0.1, 0.15) is 119 Å². The fourth-order valence-corrected chi connectivity index (χ4v) is 9.95. The number of hydrogen-bond donors (Lipinski definition) is 1. The van der Waals surface area contributed by atoms with E-state index < -0.39 is 5.60 Å². The summed E-state index contributed by atoms with van der Waals surface area (Å²) in [5.74, 6) is 2.96. The Hall–Kier alpha value is -1.59. The summed E-state index contributed by atoms with van der Waals surface area (Å²) in [5, 5.41) is 14.2. The first-order valence-corrected chi connectivity index (χ1v) is 15.0. The van der Waals surface area contributed by atoms with Gasteiger partial charge in [-0.3, -0.25) is 9.59 Å². The Labute approximate surface area is 224 Å². The highest BCUT2D eigenvalue weighted by Crippen LogP contribution is 2.69. The second-order valence-electron chi connectivity index (χ2n) is 14.0. The maximum Gasteiger partial charge on any atom is 0.303 e. The van der Waals surface area contributed by atoms with Crippen molar-refractivity contribution in [3.8, 4) is 0 Å². The van der Waals surface area contributed by atoms with Gasteiger partial charge < -0.3 is 14.7 Å². The first-order chi connectivity index (χ1) is 17.4. The van der Waals surface area contributed by atoms with Gasteiger partial charge in [-0.1, -0.05) is 59.0 Å². The Balaban J connectivity index is 1.63. The molecule has 0 amide bonds. The van der Waals surface area contributed by atoms with Crippen molar-refractivity contribution in [1.29, 1.82) is 0 Å². The van der Waals surface area contributed by atoms with Gasteiger partial charge in [-0.15, -0.1) is 0 Å². The summed E-state index contributed by atoms with van der Waals surface area (Å²) in [7, 11) is 0. The van der Waals surface area contributed by atoms with Gasteiger partial charge in [0.05, 0.1) is 0 Å². The zero-order valence-corrected chi connectivity index (χ0v) is 24.3. The smallest absolute Gasteiger partial charge is 0.303 e. The molecule has 0 unspecified atom stereocenters. The van der Waals surface area contributed by atoms with Crippen LogP contribution in [0, 0.1) is 46.3 Å². The number of carbonyl (C=O) groups is 2. The molecule has 0 aromatic carbocycles. The quantitative estimate of drug-likeness (QED) is 0.220. The van der Waals surface area contributed by atoms with Crippen LogP contribution in [0.2, 0.25) is 0 Å². The van der Waals surface area contributed by atoms with Crippen LogP contribution >= 0.6 is 0 Å². The standard InChI is InChI=1S/C31H51NO5/c1-19(2)9-8-10-20(3)25-11-12-26-24-17-28(32-35)31(37-22(5)34)18-23(36-21(4)33)13-16-30(31,7)27(24)14-15-29(25,26)6/h19-20,23-27,35H,8-18H2,1-7H3/b32-28-/t20-,23+,24-,25+,26+,27+,29+,30+,31-/m0/s1. The van der Waals surface area contributed by atoms with Gasteiger partial charge >= 0.3 is 11.9 Å². The van der Waals surface area contributed by atoms with Gasteiger partial charge in [-0.25, -0.2) is 0 Å². The number of rotatable bonds is 7. The molecule has 4 saturated carbocycles. The van der Waals surface area contributed by atoms with Crippen LogP contribution < -0.4 is 0 Å². The van der Waals surface area contributed by atoms with Gasteiger partial charge in [0, 0.05) is 25.7 Å². The molecule has 4 aliphatic rings. The Bertz CT molecular complexity index is 900. The minimum Gasteiger partial charge on any atom is -0.462 e. The van der Waals surface area contributed by atoms with Crippen molar-refractivity contribution in [2.24, 2.45) is 51.5 Å². The Morgan fingerprint density at radius 1 is 1.00 bits per heavy atom. The van der Waals surface area contributed by atoms with Crippen LogP contribution in [-0.4, -0.2) is 34.6 Å². The lowest BCUT2D eigenvalue weighted by Gasteiger charge is -2.64. The third-order valence-electron chi connectivity index (χ3n) is 11.5. The molecule has 6 nitrogen and oxygen atoms in total. The van der Waals surface area contributed by atoms with Gasteiger partial charge in [0.15, 0.2) is 5.60 Å².